The topological polar surface area (TPSA) is 55.3 Å². The average molecular weight is 462 g/mol. The van der Waals surface area contributed by atoms with Gasteiger partial charge in [0.25, 0.3) is 0 Å². The van der Waals surface area contributed by atoms with Gasteiger partial charge in [0.2, 0.25) is 0 Å². The second-order valence-electron chi connectivity index (χ2n) is 7.91. The molecule has 0 fully saturated rings. The van der Waals surface area contributed by atoms with Crippen molar-refractivity contribution in [2.45, 2.75) is 25.9 Å². The number of nitrogens with zero attached hydrogens (tertiary/aromatic N) is 1. The van der Waals surface area contributed by atoms with Crippen molar-refractivity contribution in [1.29, 1.82) is 0 Å². The number of aryl methyl sites for hydroxylation is 1. The summed E-state index contributed by atoms with van der Waals surface area (Å²) < 4.78 is 7.53. The van der Waals surface area contributed by atoms with E-state index < -0.39 is 6.09 Å². The molecule has 0 atom stereocenters. The number of benzene rings is 3. The van der Waals surface area contributed by atoms with Gasteiger partial charge in [-0.15, -0.1) is 0 Å². The fraction of sp³-hybridized carbons (Fsp3) is 0.222. The van der Waals surface area contributed by atoms with Crippen LogP contribution < -0.4 is 10.6 Å². The highest BCUT2D eigenvalue weighted by molar-refractivity contribution is 6.31. The van der Waals surface area contributed by atoms with Crippen molar-refractivity contribution >= 4 is 34.3 Å². The highest BCUT2D eigenvalue weighted by Gasteiger charge is 2.08. The summed E-state index contributed by atoms with van der Waals surface area (Å²) in [6.45, 7) is 1.66. The number of aromatic nitrogens is 1. The van der Waals surface area contributed by atoms with Gasteiger partial charge in [0.15, 0.2) is 0 Å². The normalized spacial score (nSPS) is 10.8. The van der Waals surface area contributed by atoms with Gasteiger partial charge in [0.1, 0.15) is 0 Å². The van der Waals surface area contributed by atoms with Gasteiger partial charge in [-0.05, 0) is 53.8 Å². The third-order valence-corrected chi connectivity index (χ3v) is 5.84. The average Bonchev–Trinajstić information content (AvgIpc) is 3.25. The van der Waals surface area contributed by atoms with Crippen LogP contribution in [-0.4, -0.2) is 24.3 Å². The summed E-state index contributed by atoms with van der Waals surface area (Å²) >= 11 is 6.25. The molecule has 0 aliphatic rings. The lowest BCUT2D eigenvalue weighted by Crippen LogP contribution is -2.24. The van der Waals surface area contributed by atoms with Crippen LogP contribution in [0.4, 0.5) is 10.5 Å². The molecule has 0 saturated heterocycles. The van der Waals surface area contributed by atoms with Crippen molar-refractivity contribution in [2.24, 2.45) is 0 Å². The van der Waals surface area contributed by atoms with E-state index in [4.69, 9.17) is 16.3 Å². The second kappa shape index (κ2) is 10.9. The predicted molar refractivity (Wildman–Crippen MR) is 136 cm³/mol. The van der Waals surface area contributed by atoms with E-state index >= 15 is 0 Å². The van der Waals surface area contributed by atoms with Crippen LogP contribution in [0.15, 0.2) is 79.0 Å². The molecular weight excluding hydrogens is 434 g/mol. The van der Waals surface area contributed by atoms with Crippen molar-refractivity contribution in [3.63, 3.8) is 0 Å². The minimum absolute atomic E-state index is 0.387. The van der Waals surface area contributed by atoms with E-state index in [2.05, 4.69) is 51.7 Å². The smallest absolute Gasteiger partial charge is 0.407 e. The van der Waals surface area contributed by atoms with Gasteiger partial charge in [0.05, 0.1) is 12.1 Å². The molecule has 1 heterocycles. The molecule has 1 aromatic heterocycles. The second-order valence-corrected chi connectivity index (χ2v) is 8.34. The first-order chi connectivity index (χ1) is 16.1. The molecule has 4 aromatic rings. The predicted octanol–water partition coefficient (Wildman–Crippen LogP) is 6.71. The Morgan fingerprint density at radius 3 is 2.61 bits per heavy atom. The van der Waals surface area contributed by atoms with E-state index in [1.54, 1.807) is 0 Å². The number of fused-ring (bicyclic) bond motifs is 1. The van der Waals surface area contributed by atoms with Gasteiger partial charge in [0, 0.05) is 42.4 Å². The van der Waals surface area contributed by atoms with Gasteiger partial charge in [-0.3, -0.25) is 0 Å². The van der Waals surface area contributed by atoms with Crippen LogP contribution in [0.1, 0.15) is 18.4 Å². The molecule has 0 unspecified atom stereocenters. The van der Waals surface area contributed by atoms with Crippen molar-refractivity contribution in [2.75, 3.05) is 19.0 Å². The van der Waals surface area contributed by atoms with Crippen LogP contribution in [0.5, 0.6) is 0 Å². The van der Waals surface area contributed by atoms with E-state index in [-0.39, 0.29) is 0 Å². The van der Waals surface area contributed by atoms with Gasteiger partial charge in [-0.1, -0.05) is 60.1 Å². The molecule has 0 aliphatic carbocycles. The molecule has 0 spiro atoms. The zero-order valence-electron chi connectivity index (χ0n) is 18.7. The molecule has 33 heavy (non-hydrogen) atoms. The highest BCUT2D eigenvalue weighted by Crippen LogP contribution is 2.29. The molecule has 1 amide bonds. The van der Waals surface area contributed by atoms with Gasteiger partial charge < -0.3 is 19.9 Å². The van der Waals surface area contributed by atoms with Crippen LogP contribution in [-0.2, 0) is 17.8 Å². The van der Waals surface area contributed by atoms with Gasteiger partial charge in [-0.2, -0.15) is 0 Å². The monoisotopic (exact) mass is 461 g/mol. The summed E-state index contributed by atoms with van der Waals surface area (Å²) in [6.07, 6.45) is 3.36. The maximum absolute atomic E-state index is 12.1. The molecule has 0 radical (unpaired) electrons. The van der Waals surface area contributed by atoms with Crippen molar-refractivity contribution in [1.82, 2.24) is 9.88 Å². The Labute approximate surface area is 199 Å². The number of hydrogen-bond acceptors (Lipinski definition) is 3. The van der Waals surface area contributed by atoms with E-state index in [1.165, 1.54) is 0 Å². The van der Waals surface area contributed by atoms with Crippen LogP contribution in [0.2, 0.25) is 5.02 Å². The Kier molecular flexibility index (Phi) is 7.53. The fourth-order valence-electron chi connectivity index (χ4n) is 3.93. The number of nitrogens with one attached hydrogen (secondary N) is 2. The molecule has 0 saturated carbocycles. The summed E-state index contributed by atoms with van der Waals surface area (Å²) in [5.74, 6) is 0. The third kappa shape index (κ3) is 5.88. The van der Waals surface area contributed by atoms with Crippen molar-refractivity contribution < 1.29 is 9.53 Å². The lowest BCUT2D eigenvalue weighted by molar-refractivity contribution is 0.143. The molecule has 2 N–H and O–H groups in total. The van der Waals surface area contributed by atoms with E-state index in [0.717, 1.165) is 52.7 Å². The molecule has 5 nitrogen and oxygen atoms in total. The quantitative estimate of drug-likeness (QED) is 0.272. The SMILES string of the molecule is CNc1cc(Cl)cc2c1ccn2CCCCOC(=O)NCc1cccc(-c2ccccc2)c1. The molecule has 3 aromatic carbocycles. The van der Waals surface area contributed by atoms with Crippen LogP contribution in [0.3, 0.4) is 0 Å². The maximum Gasteiger partial charge on any atom is 0.407 e. The Bertz CT molecular complexity index is 1220. The number of halogens is 1. The summed E-state index contributed by atoms with van der Waals surface area (Å²) in [4.78, 5) is 12.1. The Balaban J connectivity index is 1.20. The molecule has 0 bridgehead atoms. The molecular formula is C27H28ClN3O2. The van der Waals surface area contributed by atoms with Crippen LogP contribution >= 0.6 is 11.6 Å². The van der Waals surface area contributed by atoms with E-state index in [0.29, 0.717) is 18.2 Å². The number of carbonyl (C=O) groups excluding carboxylic acids is 1. The summed E-state index contributed by atoms with van der Waals surface area (Å²) in [6, 6.07) is 24.3. The Hall–Kier alpha value is -3.44. The van der Waals surface area contributed by atoms with Gasteiger partial charge in [-0.25, -0.2) is 4.79 Å². The van der Waals surface area contributed by atoms with E-state index in [1.807, 2.05) is 49.5 Å². The molecule has 6 heteroatoms. The number of rotatable bonds is 9. The lowest BCUT2D eigenvalue weighted by atomic mass is 10.0. The number of alkyl carbamates (subject to hydrolysis) is 1. The number of hydrogen-bond donors (Lipinski definition) is 2. The number of carbonyl (C=O) groups is 1. The van der Waals surface area contributed by atoms with Gasteiger partial charge >= 0.3 is 6.09 Å². The minimum atomic E-state index is -0.392. The summed E-state index contributed by atoms with van der Waals surface area (Å²) in [5, 5.41) is 7.88. The first-order valence-corrected chi connectivity index (χ1v) is 11.5. The molecule has 4 rings (SSSR count). The number of amides is 1. The Morgan fingerprint density at radius 2 is 1.79 bits per heavy atom. The molecule has 170 valence electrons. The maximum atomic E-state index is 12.1. The standard InChI is InChI=1S/C27H28ClN3O2/c1-29-25-17-23(28)18-26-24(25)12-14-31(26)13-5-6-15-33-27(32)30-19-20-8-7-11-22(16-20)21-9-3-2-4-10-21/h2-4,7-12,14,16-18,29H,5-6,13,15,19H2,1H3,(H,30,32). The number of anilines is 1. The lowest BCUT2D eigenvalue weighted by Gasteiger charge is -2.10. The summed E-state index contributed by atoms with van der Waals surface area (Å²) in [7, 11) is 1.89. The number of unbranched alkanes of at least 4 members (excludes halogenated alkanes) is 1. The van der Waals surface area contributed by atoms with Crippen LogP contribution in [0, 0.1) is 0 Å². The summed E-state index contributed by atoms with van der Waals surface area (Å²) in [5.41, 5.74) is 5.44. The Morgan fingerprint density at radius 1 is 0.970 bits per heavy atom. The zero-order valence-corrected chi connectivity index (χ0v) is 19.4. The minimum Gasteiger partial charge on any atom is -0.450 e. The molecule has 0 aliphatic heterocycles. The van der Waals surface area contributed by atoms with Crippen molar-refractivity contribution in [3.8, 4) is 11.1 Å². The fourth-order valence-corrected chi connectivity index (χ4v) is 4.14. The van der Waals surface area contributed by atoms with Crippen molar-refractivity contribution in [3.05, 3.63) is 89.6 Å². The van der Waals surface area contributed by atoms with E-state index in [9.17, 15) is 4.79 Å². The first-order valence-electron chi connectivity index (χ1n) is 11.1. The first kappa shape index (κ1) is 22.7. The number of ether oxygens (including phenoxy) is 1. The highest BCUT2D eigenvalue weighted by atomic mass is 35.5. The largest absolute Gasteiger partial charge is 0.450 e. The zero-order chi connectivity index (χ0) is 23.0. The van der Waals surface area contributed by atoms with Crippen LogP contribution in [0.25, 0.3) is 22.0 Å². The third-order valence-electron chi connectivity index (χ3n) is 5.62.